The molecule has 2 rings (SSSR count). The summed E-state index contributed by atoms with van der Waals surface area (Å²) < 4.78 is 7.30. The van der Waals surface area contributed by atoms with Crippen molar-refractivity contribution in [3.8, 4) is 5.75 Å². The Morgan fingerprint density at radius 1 is 1.33 bits per heavy atom. The minimum Gasteiger partial charge on any atom is -0.492 e. The second-order valence-corrected chi connectivity index (χ2v) is 4.58. The number of ether oxygens (including phenoxy) is 1. The Morgan fingerprint density at radius 2 is 2.11 bits per heavy atom. The average molecular weight is 246 g/mol. The standard InChI is InChI=1S/C14H18N2O2/c1-11(17)16-7-6-12-4-5-13(10-14(12)16)18-9-8-15(2)3/h4-7,10H,8-9H2,1-3H3. The molecule has 96 valence electrons. The fourth-order valence-electron chi connectivity index (χ4n) is 1.82. The lowest BCUT2D eigenvalue weighted by molar-refractivity contribution is 0.0941. The van der Waals surface area contributed by atoms with Crippen LogP contribution in [0.2, 0.25) is 0 Å². The first-order chi connectivity index (χ1) is 8.58. The first kappa shape index (κ1) is 12.6. The normalized spacial score (nSPS) is 11.1. The van der Waals surface area contributed by atoms with Crippen molar-refractivity contribution in [1.82, 2.24) is 9.47 Å². The number of likely N-dealkylation sites (N-methyl/N-ethyl adjacent to an activating group) is 1. The van der Waals surface area contributed by atoms with E-state index < -0.39 is 0 Å². The number of benzene rings is 1. The number of aromatic nitrogens is 1. The molecule has 1 heterocycles. The van der Waals surface area contributed by atoms with Crippen LogP contribution in [0, 0.1) is 0 Å². The van der Waals surface area contributed by atoms with Gasteiger partial charge < -0.3 is 9.64 Å². The second-order valence-electron chi connectivity index (χ2n) is 4.58. The van der Waals surface area contributed by atoms with Gasteiger partial charge in [-0.15, -0.1) is 0 Å². The lowest BCUT2D eigenvalue weighted by atomic mass is 10.2. The minimum atomic E-state index is 0.00967. The van der Waals surface area contributed by atoms with Gasteiger partial charge in [-0.25, -0.2) is 0 Å². The van der Waals surface area contributed by atoms with Crippen LogP contribution in [0.3, 0.4) is 0 Å². The van der Waals surface area contributed by atoms with Crippen LogP contribution in [0.15, 0.2) is 30.5 Å². The summed E-state index contributed by atoms with van der Waals surface area (Å²) in [7, 11) is 4.01. The van der Waals surface area contributed by atoms with E-state index in [-0.39, 0.29) is 5.91 Å². The van der Waals surface area contributed by atoms with Gasteiger partial charge in [0, 0.05) is 31.1 Å². The highest BCUT2D eigenvalue weighted by Crippen LogP contribution is 2.22. The predicted octanol–water partition coefficient (Wildman–Crippen LogP) is 2.24. The van der Waals surface area contributed by atoms with E-state index in [0.717, 1.165) is 23.2 Å². The maximum absolute atomic E-state index is 11.5. The van der Waals surface area contributed by atoms with E-state index in [1.54, 1.807) is 17.7 Å². The van der Waals surface area contributed by atoms with Crippen LogP contribution in [-0.2, 0) is 0 Å². The van der Waals surface area contributed by atoms with Gasteiger partial charge in [-0.1, -0.05) is 0 Å². The van der Waals surface area contributed by atoms with E-state index in [4.69, 9.17) is 4.74 Å². The molecule has 0 saturated carbocycles. The first-order valence-corrected chi connectivity index (χ1v) is 5.97. The first-order valence-electron chi connectivity index (χ1n) is 5.97. The Kier molecular flexibility index (Phi) is 3.67. The zero-order valence-electron chi connectivity index (χ0n) is 11.0. The molecule has 18 heavy (non-hydrogen) atoms. The summed E-state index contributed by atoms with van der Waals surface area (Å²) in [5.41, 5.74) is 0.893. The molecule has 0 radical (unpaired) electrons. The molecule has 0 aliphatic carbocycles. The topological polar surface area (TPSA) is 34.5 Å². The van der Waals surface area contributed by atoms with E-state index >= 15 is 0 Å². The Bertz CT molecular complexity index is 558. The van der Waals surface area contributed by atoms with Gasteiger partial charge in [0.05, 0.1) is 5.52 Å². The van der Waals surface area contributed by atoms with Crippen molar-refractivity contribution in [3.05, 3.63) is 30.5 Å². The number of carbonyl (C=O) groups is 1. The number of hydrogen-bond donors (Lipinski definition) is 0. The Balaban J connectivity index is 2.20. The summed E-state index contributed by atoms with van der Waals surface area (Å²) in [5.74, 6) is 0.806. The van der Waals surface area contributed by atoms with Gasteiger partial charge in [0.25, 0.3) is 0 Å². The molecule has 0 atom stereocenters. The molecular formula is C14H18N2O2. The summed E-state index contributed by atoms with van der Waals surface area (Å²) in [4.78, 5) is 13.5. The molecule has 4 nitrogen and oxygen atoms in total. The van der Waals surface area contributed by atoms with Crippen molar-refractivity contribution in [2.45, 2.75) is 6.92 Å². The highest BCUT2D eigenvalue weighted by molar-refractivity contribution is 5.92. The maximum atomic E-state index is 11.5. The fraction of sp³-hybridized carbons (Fsp3) is 0.357. The lowest BCUT2D eigenvalue weighted by Crippen LogP contribution is -2.19. The second kappa shape index (κ2) is 5.23. The smallest absolute Gasteiger partial charge is 0.227 e. The average Bonchev–Trinajstić information content (AvgIpc) is 2.71. The molecule has 0 fully saturated rings. The highest BCUT2D eigenvalue weighted by Gasteiger charge is 2.05. The molecule has 0 amide bonds. The van der Waals surface area contributed by atoms with Crippen molar-refractivity contribution >= 4 is 16.8 Å². The van der Waals surface area contributed by atoms with Gasteiger partial charge in [0.15, 0.2) is 0 Å². The predicted molar refractivity (Wildman–Crippen MR) is 72.3 cm³/mol. The van der Waals surface area contributed by atoms with Gasteiger partial charge in [0.2, 0.25) is 5.91 Å². The third-order valence-electron chi connectivity index (χ3n) is 2.81. The van der Waals surface area contributed by atoms with Gasteiger partial charge >= 0.3 is 0 Å². The van der Waals surface area contributed by atoms with Gasteiger partial charge in [-0.3, -0.25) is 9.36 Å². The molecule has 0 aliphatic rings. The third kappa shape index (κ3) is 2.71. The maximum Gasteiger partial charge on any atom is 0.227 e. The van der Waals surface area contributed by atoms with E-state index in [1.807, 2.05) is 38.4 Å². The largest absolute Gasteiger partial charge is 0.492 e. The van der Waals surface area contributed by atoms with Crippen LogP contribution in [-0.4, -0.2) is 42.6 Å². The number of nitrogens with zero attached hydrogens (tertiary/aromatic N) is 2. The van der Waals surface area contributed by atoms with Crippen LogP contribution in [0.25, 0.3) is 10.9 Å². The summed E-state index contributed by atoms with van der Waals surface area (Å²) in [5, 5.41) is 1.05. The number of carbonyl (C=O) groups excluding carboxylic acids is 1. The zero-order valence-corrected chi connectivity index (χ0v) is 11.0. The van der Waals surface area contributed by atoms with Crippen LogP contribution in [0.4, 0.5) is 0 Å². The Hall–Kier alpha value is -1.81. The monoisotopic (exact) mass is 246 g/mol. The van der Waals surface area contributed by atoms with E-state index in [1.165, 1.54) is 0 Å². The Labute approximate surface area is 107 Å². The summed E-state index contributed by atoms with van der Waals surface area (Å²) >= 11 is 0. The van der Waals surface area contributed by atoms with Gasteiger partial charge in [0.1, 0.15) is 12.4 Å². The Morgan fingerprint density at radius 3 is 2.78 bits per heavy atom. The molecule has 0 unspecified atom stereocenters. The molecule has 4 heteroatoms. The van der Waals surface area contributed by atoms with E-state index in [9.17, 15) is 4.79 Å². The van der Waals surface area contributed by atoms with Crippen LogP contribution >= 0.6 is 0 Å². The molecule has 0 saturated heterocycles. The van der Waals surface area contributed by atoms with Crippen molar-refractivity contribution in [3.63, 3.8) is 0 Å². The van der Waals surface area contributed by atoms with Crippen molar-refractivity contribution < 1.29 is 9.53 Å². The molecule has 0 N–H and O–H groups in total. The van der Waals surface area contributed by atoms with E-state index in [0.29, 0.717) is 6.61 Å². The SMILES string of the molecule is CC(=O)n1ccc2ccc(OCCN(C)C)cc21. The van der Waals surface area contributed by atoms with Crippen LogP contribution in [0.1, 0.15) is 11.7 Å². The third-order valence-corrected chi connectivity index (χ3v) is 2.81. The van der Waals surface area contributed by atoms with Crippen LogP contribution < -0.4 is 4.74 Å². The van der Waals surface area contributed by atoms with E-state index in [2.05, 4.69) is 4.90 Å². The zero-order chi connectivity index (χ0) is 13.1. The van der Waals surface area contributed by atoms with Crippen molar-refractivity contribution in [2.24, 2.45) is 0 Å². The minimum absolute atomic E-state index is 0.00967. The molecule has 2 aromatic rings. The number of rotatable bonds is 4. The lowest BCUT2D eigenvalue weighted by Gasteiger charge is -2.11. The summed E-state index contributed by atoms with van der Waals surface area (Å²) in [6.45, 7) is 3.06. The number of fused-ring (bicyclic) bond motifs is 1. The quantitative estimate of drug-likeness (QED) is 0.829. The molecule has 1 aromatic carbocycles. The molecule has 0 aliphatic heterocycles. The number of hydrogen-bond acceptors (Lipinski definition) is 3. The fourth-order valence-corrected chi connectivity index (χ4v) is 1.82. The molecule has 0 bridgehead atoms. The van der Waals surface area contributed by atoms with Crippen molar-refractivity contribution in [2.75, 3.05) is 27.2 Å². The molecule has 1 aromatic heterocycles. The van der Waals surface area contributed by atoms with Crippen LogP contribution in [0.5, 0.6) is 5.75 Å². The molecular weight excluding hydrogens is 228 g/mol. The van der Waals surface area contributed by atoms with Gasteiger partial charge in [-0.05, 0) is 32.3 Å². The highest BCUT2D eigenvalue weighted by atomic mass is 16.5. The summed E-state index contributed by atoms with van der Waals surface area (Å²) in [6.07, 6.45) is 1.79. The van der Waals surface area contributed by atoms with Crippen molar-refractivity contribution in [1.29, 1.82) is 0 Å². The summed E-state index contributed by atoms with van der Waals surface area (Å²) in [6, 6.07) is 7.75. The molecule has 0 spiro atoms. The van der Waals surface area contributed by atoms with Gasteiger partial charge in [-0.2, -0.15) is 0 Å².